The molecular formula is C15H24N4O2. The lowest BCUT2D eigenvalue weighted by Gasteiger charge is -2.24. The van der Waals surface area contributed by atoms with Gasteiger partial charge in [0.25, 0.3) is 0 Å². The molecule has 6 heteroatoms. The fourth-order valence-electron chi connectivity index (χ4n) is 2.71. The van der Waals surface area contributed by atoms with Crippen molar-refractivity contribution in [2.75, 3.05) is 11.4 Å². The Bertz CT molecular complexity index is 536. The SMILES string of the molecule is CCc1nn(C)cc1N1CCC(=O)NC(CC(C)C)C1=O. The average molecular weight is 292 g/mol. The second kappa shape index (κ2) is 6.28. The van der Waals surface area contributed by atoms with Gasteiger partial charge in [0.2, 0.25) is 11.8 Å². The van der Waals surface area contributed by atoms with Crippen molar-refractivity contribution in [1.29, 1.82) is 0 Å². The zero-order chi connectivity index (χ0) is 15.6. The topological polar surface area (TPSA) is 67.2 Å². The van der Waals surface area contributed by atoms with E-state index < -0.39 is 6.04 Å². The monoisotopic (exact) mass is 292 g/mol. The van der Waals surface area contributed by atoms with E-state index in [1.54, 1.807) is 9.58 Å². The molecule has 1 aromatic rings. The first-order chi connectivity index (χ1) is 9.92. The largest absolute Gasteiger partial charge is 0.344 e. The normalized spacial score (nSPS) is 19.9. The smallest absolute Gasteiger partial charge is 0.249 e. The van der Waals surface area contributed by atoms with Crippen molar-refractivity contribution >= 4 is 17.5 Å². The summed E-state index contributed by atoms with van der Waals surface area (Å²) in [5, 5.41) is 7.24. The predicted molar refractivity (Wildman–Crippen MR) is 80.9 cm³/mol. The van der Waals surface area contributed by atoms with Crippen molar-refractivity contribution in [2.24, 2.45) is 13.0 Å². The minimum Gasteiger partial charge on any atom is -0.344 e. The van der Waals surface area contributed by atoms with Crippen LogP contribution in [0.4, 0.5) is 5.69 Å². The van der Waals surface area contributed by atoms with Crippen molar-refractivity contribution in [3.05, 3.63) is 11.9 Å². The fraction of sp³-hybridized carbons (Fsp3) is 0.667. The van der Waals surface area contributed by atoms with Crippen molar-refractivity contribution in [2.45, 2.75) is 46.1 Å². The van der Waals surface area contributed by atoms with Crippen molar-refractivity contribution in [3.8, 4) is 0 Å². The van der Waals surface area contributed by atoms with E-state index in [-0.39, 0.29) is 11.8 Å². The van der Waals surface area contributed by atoms with Crippen LogP contribution in [0.5, 0.6) is 0 Å². The molecule has 0 aliphatic carbocycles. The van der Waals surface area contributed by atoms with Crippen LogP contribution >= 0.6 is 0 Å². The van der Waals surface area contributed by atoms with Crippen LogP contribution in [0.1, 0.15) is 39.3 Å². The molecule has 2 heterocycles. The van der Waals surface area contributed by atoms with Gasteiger partial charge in [0, 0.05) is 26.2 Å². The standard InChI is InChI=1S/C15H24N4O2/c1-5-11-13(9-18(4)17-11)19-7-6-14(20)16-12(15(19)21)8-10(2)3/h9-10,12H,5-8H2,1-4H3,(H,16,20). The minimum atomic E-state index is -0.440. The van der Waals surface area contributed by atoms with Gasteiger partial charge in [0.05, 0.1) is 11.4 Å². The summed E-state index contributed by atoms with van der Waals surface area (Å²) in [4.78, 5) is 26.3. The Balaban J connectivity index is 2.32. The highest BCUT2D eigenvalue weighted by Crippen LogP contribution is 2.23. The van der Waals surface area contributed by atoms with Crippen LogP contribution in [0.15, 0.2) is 6.20 Å². The van der Waals surface area contributed by atoms with Crippen LogP contribution in [-0.4, -0.2) is 34.2 Å². The van der Waals surface area contributed by atoms with Gasteiger partial charge in [0.1, 0.15) is 6.04 Å². The van der Waals surface area contributed by atoms with Crippen LogP contribution in [-0.2, 0) is 23.1 Å². The van der Waals surface area contributed by atoms with Crippen LogP contribution in [0.3, 0.4) is 0 Å². The molecule has 2 rings (SSSR count). The molecule has 0 radical (unpaired) electrons. The van der Waals surface area contributed by atoms with Gasteiger partial charge >= 0.3 is 0 Å². The second-order valence-electron chi connectivity index (χ2n) is 5.98. The third kappa shape index (κ3) is 3.43. The van der Waals surface area contributed by atoms with Gasteiger partial charge in [0.15, 0.2) is 0 Å². The molecule has 1 aliphatic rings. The van der Waals surface area contributed by atoms with Crippen LogP contribution in [0.2, 0.25) is 0 Å². The lowest BCUT2D eigenvalue weighted by atomic mass is 10.0. The summed E-state index contributed by atoms with van der Waals surface area (Å²) < 4.78 is 1.72. The van der Waals surface area contributed by atoms with Crippen molar-refractivity contribution < 1.29 is 9.59 Å². The average Bonchev–Trinajstić information content (AvgIpc) is 2.72. The number of hydrogen-bond donors (Lipinski definition) is 1. The van der Waals surface area contributed by atoms with E-state index >= 15 is 0 Å². The van der Waals surface area contributed by atoms with E-state index in [2.05, 4.69) is 24.3 Å². The van der Waals surface area contributed by atoms with E-state index in [0.717, 1.165) is 17.8 Å². The van der Waals surface area contributed by atoms with Crippen molar-refractivity contribution in [1.82, 2.24) is 15.1 Å². The Morgan fingerprint density at radius 1 is 1.43 bits per heavy atom. The molecule has 1 fully saturated rings. The van der Waals surface area contributed by atoms with Gasteiger partial charge in [-0.1, -0.05) is 20.8 Å². The number of rotatable bonds is 4. The number of hydrogen-bond acceptors (Lipinski definition) is 3. The highest BCUT2D eigenvalue weighted by atomic mass is 16.2. The highest BCUT2D eigenvalue weighted by Gasteiger charge is 2.32. The maximum Gasteiger partial charge on any atom is 0.249 e. The first kappa shape index (κ1) is 15.5. The van der Waals surface area contributed by atoms with Gasteiger partial charge in [-0.05, 0) is 18.8 Å². The molecule has 2 amide bonds. The lowest BCUT2D eigenvalue weighted by Crippen LogP contribution is -2.45. The molecule has 1 aromatic heterocycles. The number of nitrogens with zero attached hydrogens (tertiary/aromatic N) is 3. The first-order valence-corrected chi connectivity index (χ1v) is 7.55. The lowest BCUT2D eigenvalue weighted by molar-refractivity contribution is -0.125. The summed E-state index contributed by atoms with van der Waals surface area (Å²) in [6, 6.07) is -0.440. The predicted octanol–water partition coefficient (Wildman–Crippen LogP) is 1.25. The summed E-state index contributed by atoms with van der Waals surface area (Å²) in [5.74, 6) is 0.259. The maximum atomic E-state index is 12.8. The molecule has 1 saturated heterocycles. The van der Waals surface area contributed by atoms with E-state index in [1.807, 2.05) is 20.2 Å². The van der Waals surface area contributed by atoms with Gasteiger partial charge in [-0.25, -0.2) is 0 Å². The molecule has 1 aliphatic heterocycles. The van der Waals surface area contributed by atoms with Crippen LogP contribution < -0.4 is 10.2 Å². The van der Waals surface area contributed by atoms with Crippen LogP contribution in [0, 0.1) is 5.92 Å². The molecule has 0 aromatic carbocycles. The van der Waals surface area contributed by atoms with Gasteiger partial charge in [-0.3, -0.25) is 14.3 Å². The van der Waals surface area contributed by atoms with Crippen molar-refractivity contribution in [3.63, 3.8) is 0 Å². The first-order valence-electron chi connectivity index (χ1n) is 7.55. The Labute approximate surface area is 125 Å². The van der Waals surface area contributed by atoms with Gasteiger partial charge in [-0.15, -0.1) is 0 Å². The minimum absolute atomic E-state index is 0.0303. The molecule has 6 nitrogen and oxygen atoms in total. The molecule has 0 spiro atoms. The number of nitrogens with one attached hydrogen (secondary N) is 1. The number of aromatic nitrogens is 2. The highest BCUT2D eigenvalue weighted by molar-refractivity contribution is 6.01. The van der Waals surface area contributed by atoms with E-state index in [4.69, 9.17) is 0 Å². The Morgan fingerprint density at radius 2 is 2.14 bits per heavy atom. The quantitative estimate of drug-likeness (QED) is 0.908. The number of amides is 2. The maximum absolute atomic E-state index is 12.8. The molecule has 116 valence electrons. The van der Waals surface area contributed by atoms with E-state index in [1.165, 1.54) is 0 Å². The van der Waals surface area contributed by atoms with E-state index in [9.17, 15) is 9.59 Å². The molecule has 1 unspecified atom stereocenters. The third-order valence-corrected chi connectivity index (χ3v) is 3.68. The summed E-state index contributed by atoms with van der Waals surface area (Å²) in [5.41, 5.74) is 1.72. The third-order valence-electron chi connectivity index (χ3n) is 3.68. The molecule has 1 atom stereocenters. The number of anilines is 1. The second-order valence-corrected chi connectivity index (χ2v) is 5.98. The summed E-state index contributed by atoms with van der Waals surface area (Å²) in [6.45, 7) is 6.54. The Hall–Kier alpha value is -1.85. The number of carbonyl (C=O) groups is 2. The van der Waals surface area contributed by atoms with Crippen LogP contribution in [0.25, 0.3) is 0 Å². The molecular weight excluding hydrogens is 268 g/mol. The molecule has 1 N–H and O–H groups in total. The Kier molecular flexibility index (Phi) is 4.65. The fourth-order valence-corrected chi connectivity index (χ4v) is 2.71. The summed E-state index contributed by atoms with van der Waals surface area (Å²) in [7, 11) is 1.85. The molecule has 0 bridgehead atoms. The molecule has 21 heavy (non-hydrogen) atoms. The summed E-state index contributed by atoms with van der Waals surface area (Å²) in [6.07, 6.45) is 3.61. The summed E-state index contributed by atoms with van der Waals surface area (Å²) >= 11 is 0. The zero-order valence-electron chi connectivity index (χ0n) is 13.2. The van der Waals surface area contributed by atoms with Gasteiger partial charge in [-0.2, -0.15) is 5.10 Å². The van der Waals surface area contributed by atoms with Gasteiger partial charge < -0.3 is 10.2 Å². The van der Waals surface area contributed by atoms with E-state index in [0.29, 0.717) is 25.3 Å². The number of carbonyl (C=O) groups excluding carboxylic acids is 2. The number of aryl methyl sites for hydroxylation is 2. The zero-order valence-corrected chi connectivity index (χ0v) is 13.2. The molecule has 0 saturated carbocycles. The Morgan fingerprint density at radius 3 is 2.76 bits per heavy atom.